The lowest BCUT2D eigenvalue weighted by Crippen LogP contribution is -2.10. The molecule has 0 spiro atoms. The van der Waals surface area contributed by atoms with E-state index in [1.807, 2.05) is 34.9 Å². The number of anilines is 3. The normalized spacial score (nSPS) is 11.7. The molecule has 0 N–H and O–H groups in total. The minimum Gasteiger partial charge on any atom is -0.308 e. The molecule has 2 nitrogen and oxygen atoms in total. The van der Waals surface area contributed by atoms with Crippen molar-refractivity contribution in [3.05, 3.63) is 146 Å². The van der Waals surface area contributed by atoms with E-state index in [-0.39, 0.29) is 0 Å². The summed E-state index contributed by atoms with van der Waals surface area (Å²) in [5, 5.41) is 6.36. The Kier molecular flexibility index (Phi) is 5.58. The number of fused-ring (bicyclic) bond motifs is 7. The van der Waals surface area contributed by atoms with Gasteiger partial charge in [0.2, 0.25) is 0 Å². The number of hydrogen-bond acceptors (Lipinski definition) is 4. The summed E-state index contributed by atoms with van der Waals surface area (Å²) < 4.78 is 5.21. The van der Waals surface area contributed by atoms with Crippen molar-refractivity contribution >= 4 is 91.0 Å². The molecule has 0 aliphatic rings. The summed E-state index contributed by atoms with van der Waals surface area (Å²) in [5.74, 6) is 0. The predicted octanol–water partition coefficient (Wildman–Crippen LogP) is 12.1. The minimum atomic E-state index is 1.02. The van der Waals surface area contributed by atoms with Gasteiger partial charge in [-0.15, -0.1) is 22.7 Å². The number of pyridine rings is 1. The fourth-order valence-electron chi connectivity index (χ4n) is 6.26. The third kappa shape index (κ3) is 3.95. The van der Waals surface area contributed by atoms with Gasteiger partial charge in [-0.2, -0.15) is 0 Å². The van der Waals surface area contributed by atoms with Crippen molar-refractivity contribution in [3.63, 3.8) is 0 Å². The van der Waals surface area contributed by atoms with E-state index in [0.29, 0.717) is 0 Å². The number of hydrogen-bond donors (Lipinski definition) is 0. The number of thiophene rings is 2. The van der Waals surface area contributed by atoms with Crippen molar-refractivity contribution in [2.75, 3.05) is 4.90 Å². The molecule has 0 bridgehead atoms. The molecule has 3 aromatic heterocycles. The van der Waals surface area contributed by atoms with Gasteiger partial charge < -0.3 is 4.90 Å². The average Bonchev–Trinajstić information content (AvgIpc) is 3.65. The quantitative estimate of drug-likeness (QED) is 0.205. The molecule has 9 aromatic rings. The summed E-state index contributed by atoms with van der Waals surface area (Å²) >= 11 is 3.74. The van der Waals surface area contributed by atoms with Crippen molar-refractivity contribution in [2.45, 2.75) is 0 Å². The van der Waals surface area contributed by atoms with Gasteiger partial charge in [0.1, 0.15) is 0 Å². The molecule has 0 fully saturated rings. The average molecular weight is 585 g/mol. The molecule has 3 heterocycles. The predicted molar refractivity (Wildman–Crippen MR) is 188 cm³/mol. The number of benzene rings is 6. The zero-order valence-corrected chi connectivity index (χ0v) is 24.7. The minimum absolute atomic E-state index is 1.02. The maximum Gasteiger partial charge on any atom is 0.0702 e. The van der Waals surface area contributed by atoms with Gasteiger partial charge >= 0.3 is 0 Å². The molecule has 0 saturated carbocycles. The zero-order chi connectivity index (χ0) is 28.3. The first kappa shape index (κ1) is 24.6. The molecule has 9 rings (SSSR count). The maximum atomic E-state index is 4.71. The lowest BCUT2D eigenvalue weighted by molar-refractivity contribution is 1.32. The van der Waals surface area contributed by atoms with Crippen LogP contribution in [-0.2, 0) is 0 Å². The highest BCUT2D eigenvalue weighted by Gasteiger charge is 2.21. The van der Waals surface area contributed by atoms with Crippen LogP contribution in [0.5, 0.6) is 0 Å². The highest BCUT2D eigenvalue weighted by molar-refractivity contribution is 7.27. The van der Waals surface area contributed by atoms with E-state index >= 15 is 0 Å². The van der Waals surface area contributed by atoms with Gasteiger partial charge in [-0.3, -0.25) is 4.98 Å². The summed E-state index contributed by atoms with van der Waals surface area (Å²) in [6.45, 7) is 0. The van der Waals surface area contributed by atoms with Gasteiger partial charge in [0, 0.05) is 53.8 Å². The lowest BCUT2D eigenvalue weighted by atomic mass is 10.0. The maximum absolute atomic E-state index is 4.71. The molecular formula is C39H24N2S2. The Hall–Kier alpha value is -5.03. The molecule has 0 amide bonds. The van der Waals surface area contributed by atoms with E-state index in [0.717, 1.165) is 27.7 Å². The van der Waals surface area contributed by atoms with Crippen molar-refractivity contribution < 1.29 is 0 Å². The monoisotopic (exact) mass is 584 g/mol. The van der Waals surface area contributed by atoms with E-state index in [9.17, 15) is 0 Å². The van der Waals surface area contributed by atoms with Gasteiger partial charge in [0.15, 0.2) is 0 Å². The van der Waals surface area contributed by atoms with Crippen molar-refractivity contribution in [1.82, 2.24) is 4.98 Å². The Morgan fingerprint density at radius 3 is 1.67 bits per heavy atom. The summed E-state index contributed by atoms with van der Waals surface area (Å²) in [7, 11) is 0. The van der Waals surface area contributed by atoms with Crippen molar-refractivity contribution in [1.29, 1.82) is 0 Å². The van der Waals surface area contributed by atoms with E-state index in [1.165, 1.54) is 51.7 Å². The topological polar surface area (TPSA) is 16.1 Å². The van der Waals surface area contributed by atoms with E-state index < -0.39 is 0 Å². The molecule has 0 aliphatic carbocycles. The van der Waals surface area contributed by atoms with Gasteiger partial charge in [0.25, 0.3) is 0 Å². The molecule has 6 aromatic carbocycles. The Morgan fingerprint density at radius 2 is 1.02 bits per heavy atom. The van der Waals surface area contributed by atoms with E-state index in [1.54, 1.807) is 0 Å². The highest BCUT2D eigenvalue weighted by Crippen LogP contribution is 2.48. The summed E-state index contributed by atoms with van der Waals surface area (Å²) in [6.07, 6.45) is 1.98. The van der Waals surface area contributed by atoms with Crippen LogP contribution in [0.3, 0.4) is 0 Å². The Balaban J connectivity index is 1.27. The summed E-state index contributed by atoms with van der Waals surface area (Å²) in [4.78, 5) is 7.17. The first-order chi connectivity index (χ1) is 21.3. The molecule has 202 valence electrons. The summed E-state index contributed by atoms with van der Waals surface area (Å²) in [6, 6.07) is 50.4. The van der Waals surface area contributed by atoms with Gasteiger partial charge in [-0.25, -0.2) is 0 Å². The SMILES string of the molecule is c1ccc2ncc(-c3ccc(N(c4cccc5c4sc4ccccc45)c4cccc5c4sc4ccccc45)cc3)cc2c1. The number of aromatic nitrogens is 1. The smallest absolute Gasteiger partial charge is 0.0702 e. The number of rotatable bonds is 4. The Labute approximate surface area is 256 Å². The standard InChI is InChI=1S/C39H24N2S2/c1-4-14-33-26(9-1)23-27(24-40-33)25-19-21-28(22-20-25)41(34-15-7-12-31-29-10-2-5-17-36(29)42-38(31)34)35-16-8-13-32-30-11-3-6-18-37(30)43-39(32)35/h1-24H. The van der Waals surface area contributed by atoms with E-state index in [2.05, 4.69) is 138 Å². The van der Waals surface area contributed by atoms with Crippen LogP contribution in [0.2, 0.25) is 0 Å². The van der Waals surface area contributed by atoms with Crippen molar-refractivity contribution in [2.24, 2.45) is 0 Å². The fraction of sp³-hybridized carbons (Fsp3) is 0. The molecule has 0 saturated heterocycles. The van der Waals surface area contributed by atoms with Gasteiger partial charge in [-0.05, 0) is 54.1 Å². The lowest BCUT2D eigenvalue weighted by Gasteiger charge is -2.27. The zero-order valence-electron chi connectivity index (χ0n) is 23.1. The van der Waals surface area contributed by atoms with Crippen molar-refractivity contribution in [3.8, 4) is 11.1 Å². The Bertz CT molecular complexity index is 2360. The molecule has 4 heteroatoms. The highest BCUT2D eigenvalue weighted by atomic mass is 32.1. The van der Waals surface area contributed by atoms with Crippen LogP contribution in [0.25, 0.3) is 62.4 Å². The molecule has 0 radical (unpaired) electrons. The second-order valence-electron chi connectivity index (χ2n) is 10.8. The van der Waals surface area contributed by atoms with Crippen LogP contribution in [0, 0.1) is 0 Å². The largest absolute Gasteiger partial charge is 0.308 e. The van der Waals surface area contributed by atoms with Gasteiger partial charge in [-0.1, -0.05) is 91.0 Å². The molecule has 0 unspecified atom stereocenters. The van der Waals surface area contributed by atoms with Crippen LogP contribution < -0.4 is 4.90 Å². The first-order valence-corrected chi connectivity index (χ1v) is 16.0. The second kappa shape index (κ2) is 9.77. The summed E-state index contributed by atoms with van der Waals surface area (Å²) in [5.41, 5.74) is 6.82. The van der Waals surface area contributed by atoms with Crippen LogP contribution in [0.15, 0.2) is 146 Å². The molecule has 0 atom stereocenters. The Morgan fingerprint density at radius 1 is 0.465 bits per heavy atom. The molecular weight excluding hydrogens is 561 g/mol. The molecule has 0 aliphatic heterocycles. The molecule has 43 heavy (non-hydrogen) atoms. The van der Waals surface area contributed by atoms with Crippen LogP contribution >= 0.6 is 22.7 Å². The third-order valence-electron chi connectivity index (χ3n) is 8.30. The number of nitrogens with zero attached hydrogens (tertiary/aromatic N) is 2. The van der Waals surface area contributed by atoms with Crippen LogP contribution in [-0.4, -0.2) is 4.98 Å². The second-order valence-corrected chi connectivity index (χ2v) is 12.9. The first-order valence-electron chi connectivity index (χ1n) is 14.4. The number of para-hydroxylation sites is 1. The van der Waals surface area contributed by atoms with Crippen LogP contribution in [0.1, 0.15) is 0 Å². The van der Waals surface area contributed by atoms with Gasteiger partial charge in [0.05, 0.1) is 26.3 Å². The third-order valence-corrected chi connectivity index (χ3v) is 10.7. The van der Waals surface area contributed by atoms with E-state index in [4.69, 9.17) is 4.98 Å². The van der Waals surface area contributed by atoms with Crippen LogP contribution in [0.4, 0.5) is 17.1 Å². The fourth-order valence-corrected chi connectivity index (χ4v) is 8.67.